The lowest BCUT2D eigenvalue weighted by Crippen LogP contribution is -1.99. The van der Waals surface area contributed by atoms with Crippen LogP contribution >= 0.6 is 0 Å². The fourth-order valence-electron chi connectivity index (χ4n) is 7.42. The van der Waals surface area contributed by atoms with Crippen LogP contribution in [0, 0.1) is 34.0 Å². The maximum absolute atomic E-state index is 10.0. The molecular formula is C45H25N5. The number of para-hydroxylation sites is 3. The number of hydrogen-bond donors (Lipinski definition) is 0. The fourth-order valence-corrected chi connectivity index (χ4v) is 7.42. The number of nitrogens with zero attached hydrogens (tertiary/aromatic N) is 5. The van der Waals surface area contributed by atoms with Gasteiger partial charge in [-0.2, -0.15) is 15.8 Å². The monoisotopic (exact) mass is 635 g/mol. The van der Waals surface area contributed by atoms with E-state index in [1.54, 1.807) is 0 Å². The van der Waals surface area contributed by atoms with Crippen molar-refractivity contribution in [3.8, 4) is 51.8 Å². The van der Waals surface area contributed by atoms with E-state index in [9.17, 15) is 15.8 Å². The first-order valence-electron chi connectivity index (χ1n) is 16.3. The molecule has 7 aromatic carbocycles. The smallest absolute Gasteiger partial charge is 0.0992 e. The predicted octanol–water partition coefficient (Wildman–Crippen LogP) is 10.8. The Morgan fingerprint density at radius 2 is 0.960 bits per heavy atom. The second-order valence-corrected chi connectivity index (χ2v) is 12.3. The molecular weight excluding hydrogens is 611 g/mol. The summed E-state index contributed by atoms with van der Waals surface area (Å²) in [5, 5.41) is 33.9. The molecule has 0 fully saturated rings. The zero-order chi connectivity index (χ0) is 33.8. The SMILES string of the molecule is N#Cc1ccc(-c2ccccc2-n2c3ccc(C#N)cc3c3ccc(C#N)cc32)c(-c2cccc(-n3c4ccccc4c4ccccc43)c2)c1. The fraction of sp³-hybridized carbons (Fsp3) is 0. The van der Waals surface area contributed by atoms with E-state index in [-0.39, 0.29) is 0 Å². The van der Waals surface area contributed by atoms with Crippen molar-refractivity contribution in [2.75, 3.05) is 0 Å². The van der Waals surface area contributed by atoms with Crippen LogP contribution < -0.4 is 0 Å². The van der Waals surface area contributed by atoms with Crippen LogP contribution in [0.4, 0.5) is 0 Å². The van der Waals surface area contributed by atoms with Gasteiger partial charge in [-0.05, 0) is 89.5 Å². The van der Waals surface area contributed by atoms with E-state index in [0.29, 0.717) is 16.7 Å². The van der Waals surface area contributed by atoms with Crippen molar-refractivity contribution in [3.63, 3.8) is 0 Å². The molecule has 0 saturated carbocycles. The molecule has 0 aliphatic heterocycles. The van der Waals surface area contributed by atoms with Crippen LogP contribution in [0.15, 0.2) is 152 Å². The molecule has 5 heteroatoms. The summed E-state index contributed by atoms with van der Waals surface area (Å²) in [5.41, 5.74) is 11.6. The van der Waals surface area contributed by atoms with Gasteiger partial charge in [-0.1, -0.05) is 78.9 Å². The molecule has 9 rings (SSSR count). The van der Waals surface area contributed by atoms with Gasteiger partial charge in [0.05, 0.1) is 62.7 Å². The Labute approximate surface area is 287 Å². The van der Waals surface area contributed by atoms with Crippen LogP contribution in [0.1, 0.15) is 16.7 Å². The highest BCUT2D eigenvalue weighted by molar-refractivity contribution is 6.11. The first kappa shape index (κ1) is 28.8. The molecule has 2 aromatic heterocycles. The summed E-state index contributed by atoms with van der Waals surface area (Å²) >= 11 is 0. The zero-order valence-electron chi connectivity index (χ0n) is 26.7. The van der Waals surface area contributed by atoms with Crippen molar-refractivity contribution in [1.29, 1.82) is 15.8 Å². The summed E-state index contributed by atoms with van der Waals surface area (Å²) in [6.07, 6.45) is 0. The minimum absolute atomic E-state index is 0.556. The summed E-state index contributed by atoms with van der Waals surface area (Å²) in [7, 11) is 0. The third kappa shape index (κ3) is 4.38. The van der Waals surface area contributed by atoms with Gasteiger partial charge >= 0.3 is 0 Å². The van der Waals surface area contributed by atoms with Gasteiger partial charge in [0.2, 0.25) is 0 Å². The van der Waals surface area contributed by atoms with Crippen LogP contribution in [0.3, 0.4) is 0 Å². The minimum atomic E-state index is 0.556. The number of benzene rings is 7. The summed E-state index contributed by atoms with van der Waals surface area (Å²) in [4.78, 5) is 0. The second-order valence-electron chi connectivity index (χ2n) is 12.3. The van der Waals surface area contributed by atoms with Gasteiger partial charge in [0, 0.05) is 32.8 Å². The van der Waals surface area contributed by atoms with Gasteiger partial charge in [-0.15, -0.1) is 0 Å². The highest BCUT2D eigenvalue weighted by Gasteiger charge is 2.20. The second kappa shape index (κ2) is 11.4. The van der Waals surface area contributed by atoms with Gasteiger partial charge < -0.3 is 9.13 Å². The molecule has 0 unspecified atom stereocenters. The Morgan fingerprint density at radius 3 is 1.72 bits per heavy atom. The Kier molecular flexibility index (Phi) is 6.56. The number of hydrogen-bond acceptors (Lipinski definition) is 3. The third-order valence-corrected chi connectivity index (χ3v) is 9.60. The van der Waals surface area contributed by atoms with Crippen LogP contribution in [-0.4, -0.2) is 9.13 Å². The summed E-state index contributed by atoms with van der Waals surface area (Å²) in [5.74, 6) is 0. The quantitative estimate of drug-likeness (QED) is 0.193. The van der Waals surface area contributed by atoms with Crippen LogP contribution in [-0.2, 0) is 0 Å². The van der Waals surface area contributed by atoms with E-state index in [2.05, 4.69) is 112 Å². The Morgan fingerprint density at radius 1 is 0.360 bits per heavy atom. The molecule has 2 heterocycles. The van der Waals surface area contributed by atoms with E-state index in [1.165, 1.54) is 10.8 Å². The topological polar surface area (TPSA) is 81.2 Å². The van der Waals surface area contributed by atoms with E-state index >= 15 is 0 Å². The average Bonchev–Trinajstić information content (AvgIpc) is 3.69. The lowest BCUT2D eigenvalue weighted by atomic mass is 9.91. The number of rotatable bonds is 4. The summed E-state index contributed by atoms with van der Waals surface area (Å²) < 4.78 is 4.48. The normalized spacial score (nSPS) is 11.1. The molecule has 0 bridgehead atoms. The minimum Gasteiger partial charge on any atom is -0.309 e. The van der Waals surface area contributed by atoms with Crippen molar-refractivity contribution >= 4 is 43.6 Å². The van der Waals surface area contributed by atoms with Crippen LogP contribution in [0.2, 0.25) is 0 Å². The predicted molar refractivity (Wildman–Crippen MR) is 200 cm³/mol. The van der Waals surface area contributed by atoms with E-state index < -0.39 is 0 Å². The van der Waals surface area contributed by atoms with Gasteiger partial charge in [0.25, 0.3) is 0 Å². The van der Waals surface area contributed by atoms with E-state index in [4.69, 9.17) is 0 Å². The summed E-state index contributed by atoms with van der Waals surface area (Å²) in [6.45, 7) is 0. The Bertz CT molecular complexity index is 2920. The first-order chi connectivity index (χ1) is 24.7. The van der Waals surface area contributed by atoms with Gasteiger partial charge in [-0.25, -0.2) is 0 Å². The molecule has 0 radical (unpaired) electrons. The number of nitriles is 3. The molecule has 50 heavy (non-hydrogen) atoms. The summed E-state index contributed by atoms with van der Waals surface area (Å²) in [6, 6.07) is 57.9. The highest BCUT2D eigenvalue weighted by atomic mass is 15.0. The average molecular weight is 636 g/mol. The largest absolute Gasteiger partial charge is 0.309 e. The van der Waals surface area contributed by atoms with Crippen molar-refractivity contribution < 1.29 is 0 Å². The van der Waals surface area contributed by atoms with Crippen molar-refractivity contribution in [3.05, 3.63) is 168 Å². The molecule has 9 aromatic rings. The maximum atomic E-state index is 10.0. The van der Waals surface area contributed by atoms with Crippen molar-refractivity contribution in [1.82, 2.24) is 9.13 Å². The molecule has 0 saturated heterocycles. The highest BCUT2D eigenvalue weighted by Crippen LogP contribution is 2.41. The first-order valence-corrected chi connectivity index (χ1v) is 16.3. The van der Waals surface area contributed by atoms with Gasteiger partial charge in [-0.3, -0.25) is 0 Å². The Hall–Kier alpha value is -7.39. The molecule has 0 amide bonds. The molecule has 0 aliphatic rings. The van der Waals surface area contributed by atoms with Crippen molar-refractivity contribution in [2.45, 2.75) is 0 Å². The van der Waals surface area contributed by atoms with Gasteiger partial charge in [0.1, 0.15) is 0 Å². The van der Waals surface area contributed by atoms with Gasteiger partial charge in [0.15, 0.2) is 0 Å². The van der Waals surface area contributed by atoms with E-state index in [0.717, 1.165) is 66.5 Å². The lowest BCUT2D eigenvalue weighted by Gasteiger charge is -2.18. The standard InChI is InChI=1S/C45H25N5/c46-26-29-16-19-34(39(22-29)32-8-7-9-33(25-32)49-41-13-4-2-11-36(41)37-12-3-5-14-42(37)49)35-10-1-6-15-43(35)50-44-21-18-30(27-47)23-40(44)38-20-17-31(28-48)24-45(38)50/h1-25H. The van der Waals surface area contributed by atoms with Crippen LogP contribution in [0.25, 0.3) is 77.2 Å². The maximum Gasteiger partial charge on any atom is 0.0992 e. The zero-order valence-corrected chi connectivity index (χ0v) is 26.7. The van der Waals surface area contributed by atoms with E-state index in [1.807, 2.05) is 66.7 Å². The van der Waals surface area contributed by atoms with Crippen LogP contribution in [0.5, 0.6) is 0 Å². The molecule has 0 atom stereocenters. The molecule has 0 aliphatic carbocycles. The number of aromatic nitrogens is 2. The molecule has 0 spiro atoms. The molecule has 230 valence electrons. The lowest BCUT2D eigenvalue weighted by molar-refractivity contribution is 1.18. The third-order valence-electron chi connectivity index (χ3n) is 9.60. The number of fused-ring (bicyclic) bond motifs is 6. The van der Waals surface area contributed by atoms with Crippen molar-refractivity contribution in [2.24, 2.45) is 0 Å². The molecule has 5 nitrogen and oxygen atoms in total. The Balaban J connectivity index is 1.30. The molecule has 0 N–H and O–H groups in total.